The summed E-state index contributed by atoms with van der Waals surface area (Å²) in [5, 5.41) is 25.6. The highest BCUT2D eigenvalue weighted by atomic mass is 16.5. The molecule has 0 N–H and O–H groups in total. The van der Waals surface area contributed by atoms with Crippen LogP contribution in [0.3, 0.4) is 0 Å². The standard InChI is InChI=1S/C55H38N4O/c56-39-43-15-13-14-24-51(43)42-27-25-40(26-28-42)41-29-33-50(34-30-41)59(60)54-35-31-48(57(44-16-5-1-6-17-44)45-18-7-2-8-19-45)37-52(54)53-38-49(32-36-55(53)59)58(46-20-9-3-10-21-46)47-22-11-4-12-23-47/h1-38H. The van der Waals surface area contributed by atoms with Gasteiger partial charge in [-0.15, -0.1) is 0 Å². The minimum Gasteiger partial charge on any atom is -0.616 e. The van der Waals surface area contributed by atoms with Crippen molar-refractivity contribution in [3.8, 4) is 39.4 Å². The lowest BCUT2D eigenvalue weighted by atomic mass is 9.97. The van der Waals surface area contributed by atoms with E-state index in [-0.39, 0.29) is 0 Å². The second-order valence-corrected chi connectivity index (χ2v) is 14.8. The maximum Gasteiger partial charge on any atom is 0.151 e. The third kappa shape index (κ3) is 6.39. The Bertz CT molecular complexity index is 2770. The van der Waals surface area contributed by atoms with Crippen molar-refractivity contribution in [3.05, 3.63) is 241 Å². The Morgan fingerprint density at radius 2 is 0.717 bits per heavy atom. The molecular weight excluding hydrogens is 733 g/mol. The lowest BCUT2D eigenvalue weighted by molar-refractivity contribution is 0.710. The number of fused-ring (bicyclic) bond motifs is 3. The molecule has 0 bridgehead atoms. The Kier molecular flexibility index (Phi) is 9.32. The van der Waals surface area contributed by atoms with Crippen molar-refractivity contribution in [2.24, 2.45) is 0 Å². The quantitative estimate of drug-likeness (QED) is 0.108. The molecule has 1 heterocycles. The minimum absolute atomic E-state index is 0.616. The van der Waals surface area contributed by atoms with E-state index < -0.39 is 4.65 Å². The average Bonchev–Trinajstić information content (AvgIpc) is 3.58. The van der Waals surface area contributed by atoms with Gasteiger partial charge in [0.25, 0.3) is 0 Å². The molecule has 0 amide bonds. The largest absolute Gasteiger partial charge is 0.616 e. The maximum absolute atomic E-state index is 16.0. The van der Waals surface area contributed by atoms with Crippen LogP contribution in [-0.4, -0.2) is 0 Å². The average molecular weight is 771 g/mol. The molecule has 0 unspecified atom stereocenters. The number of para-hydroxylation sites is 4. The number of hydrogen-bond donors (Lipinski definition) is 0. The van der Waals surface area contributed by atoms with Gasteiger partial charge in [0.1, 0.15) is 5.69 Å². The van der Waals surface area contributed by atoms with Crippen molar-refractivity contribution in [2.45, 2.75) is 0 Å². The molecule has 0 aromatic heterocycles. The third-order valence-corrected chi connectivity index (χ3v) is 11.3. The van der Waals surface area contributed by atoms with Gasteiger partial charge in [-0.05, 0) is 113 Å². The lowest BCUT2D eigenvalue weighted by Gasteiger charge is -2.38. The highest BCUT2D eigenvalue weighted by Gasteiger charge is 2.40. The van der Waals surface area contributed by atoms with E-state index in [1.54, 1.807) is 0 Å². The minimum atomic E-state index is -0.733. The fraction of sp³-hybridized carbons (Fsp3) is 0. The van der Waals surface area contributed by atoms with E-state index in [9.17, 15) is 5.26 Å². The van der Waals surface area contributed by atoms with E-state index in [2.05, 4.69) is 101 Å². The SMILES string of the molecule is N#Cc1ccccc1-c1ccc(-c2ccc([N+]3([O-])c4ccc(N(c5ccccc5)c5ccccc5)cc4-c4cc(N(c5ccccc5)c5ccccc5)ccc43)cc2)cc1. The molecule has 284 valence electrons. The summed E-state index contributed by atoms with van der Waals surface area (Å²) in [4.78, 5) is 4.47. The Hall–Kier alpha value is -8.01. The van der Waals surface area contributed by atoms with Gasteiger partial charge in [0.05, 0.1) is 22.8 Å². The fourth-order valence-corrected chi connectivity index (χ4v) is 8.46. The van der Waals surface area contributed by atoms with Crippen molar-refractivity contribution in [2.75, 3.05) is 9.80 Å². The number of rotatable bonds is 9. The van der Waals surface area contributed by atoms with Gasteiger partial charge in [-0.2, -0.15) is 5.26 Å². The Morgan fingerprint density at radius 1 is 0.350 bits per heavy atom. The van der Waals surface area contributed by atoms with Crippen LogP contribution < -0.4 is 14.4 Å². The molecule has 1 aliphatic rings. The molecule has 1 aliphatic heterocycles. The Balaban J connectivity index is 1.11. The summed E-state index contributed by atoms with van der Waals surface area (Å²) in [7, 11) is 0. The zero-order chi connectivity index (χ0) is 40.5. The summed E-state index contributed by atoms with van der Waals surface area (Å²) < 4.78 is -0.733. The van der Waals surface area contributed by atoms with Crippen molar-refractivity contribution in [1.82, 2.24) is 4.65 Å². The van der Waals surface area contributed by atoms with E-state index in [1.165, 1.54) is 0 Å². The van der Waals surface area contributed by atoms with Gasteiger partial charge in [-0.3, -0.25) is 4.65 Å². The molecule has 5 nitrogen and oxygen atoms in total. The first-order valence-electron chi connectivity index (χ1n) is 20.0. The first kappa shape index (κ1) is 36.3. The number of anilines is 6. The Morgan fingerprint density at radius 3 is 1.13 bits per heavy atom. The molecule has 9 aromatic carbocycles. The summed E-state index contributed by atoms with van der Waals surface area (Å²) >= 11 is 0. The molecule has 0 aliphatic carbocycles. The monoisotopic (exact) mass is 770 g/mol. The van der Waals surface area contributed by atoms with Crippen molar-refractivity contribution < 1.29 is 0 Å². The van der Waals surface area contributed by atoms with Crippen LogP contribution in [0.1, 0.15) is 5.56 Å². The first-order valence-corrected chi connectivity index (χ1v) is 20.0. The molecule has 0 spiro atoms. The van der Waals surface area contributed by atoms with Gasteiger partial charge >= 0.3 is 0 Å². The summed E-state index contributed by atoms with van der Waals surface area (Å²) in [5.74, 6) is 0. The van der Waals surface area contributed by atoms with Crippen LogP contribution in [0.2, 0.25) is 0 Å². The van der Waals surface area contributed by atoms with Crippen molar-refractivity contribution >= 4 is 51.2 Å². The van der Waals surface area contributed by atoms with Crippen LogP contribution >= 0.6 is 0 Å². The second-order valence-electron chi connectivity index (χ2n) is 14.8. The summed E-state index contributed by atoms with van der Waals surface area (Å²) in [5.41, 5.74) is 14.3. The highest BCUT2D eigenvalue weighted by molar-refractivity contribution is 6.02. The molecule has 10 rings (SSSR count). The van der Waals surface area contributed by atoms with Gasteiger partial charge in [0.15, 0.2) is 11.4 Å². The van der Waals surface area contributed by atoms with Crippen LogP contribution in [0.4, 0.5) is 51.2 Å². The lowest BCUT2D eigenvalue weighted by Crippen LogP contribution is -2.29. The predicted octanol–water partition coefficient (Wildman–Crippen LogP) is 15.3. The zero-order valence-electron chi connectivity index (χ0n) is 32.6. The molecule has 0 radical (unpaired) electrons. The van der Waals surface area contributed by atoms with E-state index in [1.807, 2.05) is 146 Å². The van der Waals surface area contributed by atoms with E-state index in [0.29, 0.717) is 22.6 Å². The highest BCUT2D eigenvalue weighted by Crippen LogP contribution is 2.59. The van der Waals surface area contributed by atoms with Crippen LogP contribution in [-0.2, 0) is 0 Å². The van der Waals surface area contributed by atoms with Crippen LogP contribution in [0, 0.1) is 16.5 Å². The van der Waals surface area contributed by atoms with Crippen LogP contribution in [0.5, 0.6) is 0 Å². The van der Waals surface area contributed by atoms with Gasteiger partial charge in [0.2, 0.25) is 0 Å². The van der Waals surface area contributed by atoms with Gasteiger partial charge in [-0.1, -0.05) is 115 Å². The number of hydrogen-bond acceptors (Lipinski definition) is 4. The normalized spacial score (nSPS) is 12.2. The molecular formula is C55H38N4O. The van der Waals surface area contributed by atoms with Gasteiger partial charge in [0, 0.05) is 58.4 Å². The van der Waals surface area contributed by atoms with E-state index in [4.69, 9.17) is 0 Å². The molecule has 60 heavy (non-hydrogen) atoms. The Labute approximate surface area is 350 Å². The molecule has 0 atom stereocenters. The number of quaternary nitrogens is 1. The van der Waals surface area contributed by atoms with Gasteiger partial charge in [-0.25, -0.2) is 0 Å². The fourth-order valence-electron chi connectivity index (χ4n) is 8.46. The van der Waals surface area contributed by atoms with E-state index in [0.717, 1.165) is 67.5 Å². The van der Waals surface area contributed by atoms with Gasteiger partial charge < -0.3 is 15.0 Å². The molecule has 9 aromatic rings. The second kappa shape index (κ2) is 15.4. The third-order valence-electron chi connectivity index (χ3n) is 11.3. The number of benzene rings is 9. The number of nitriles is 1. The summed E-state index contributed by atoms with van der Waals surface area (Å²) in [6.07, 6.45) is 0. The molecule has 0 fully saturated rings. The zero-order valence-corrected chi connectivity index (χ0v) is 32.6. The molecule has 0 saturated heterocycles. The van der Waals surface area contributed by atoms with Crippen molar-refractivity contribution in [1.29, 1.82) is 5.26 Å². The van der Waals surface area contributed by atoms with E-state index >= 15 is 5.21 Å². The maximum atomic E-state index is 16.0. The smallest absolute Gasteiger partial charge is 0.151 e. The summed E-state index contributed by atoms with van der Waals surface area (Å²) in [6.45, 7) is 0. The predicted molar refractivity (Wildman–Crippen MR) is 248 cm³/mol. The van der Waals surface area contributed by atoms with Crippen LogP contribution in [0.25, 0.3) is 33.4 Å². The molecule has 0 saturated carbocycles. The number of nitrogens with zero attached hydrogens (tertiary/aromatic N) is 4. The van der Waals surface area contributed by atoms with Crippen LogP contribution in [0.15, 0.2) is 231 Å². The first-order chi connectivity index (χ1) is 29.6. The summed E-state index contributed by atoms with van der Waals surface area (Å²) in [6, 6.07) is 80.0. The topological polar surface area (TPSA) is 53.3 Å². The molecule has 5 heteroatoms. The van der Waals surface area contributed by atoms with Crippen molar-refractivity contribution in [3.63, 3.8) is 0 Å².